The number of hydrogen-bond acceptors (Lipinski definition) is 4. The summed E-state index contributed by atoms with van der Waals surface area (Å²) in [6, 6.07) is 7.81. The van der Waals surface area contributed by atoms with Gasteiger partial charge in [0.05, 0.1) is 24.2 Å². The first-order valence-corrected chi connectivity index (χ1v) is 5.99. The standard InChI is InChI=1S/C14H17N3O/c1-4-18-12-7-5-11(6-8-12)14-16-9-13(15-3)10(2)17-14/h5-9,15H,4H2,1-3H3. The smallest absolute Gasteiger partial charge is 0.159 e. The molecule has 0 bridgehead atoms. The number of benzene rings is 1. The normalized spacial score (nSPS) is 10.2. The molecule has 0 unspecified atom stereocenters. The van der Waals surface area contributed by atoms with Gasteiger partial charge in [0.15, 0.2) is 5.82 Å². The van der Waals surface area contributed by atoms with Crippen molar-refractivity contribution in [2.45, 2.75) is 13.8 Å². The molecule has 0 radical (unpaired) electrons. The highest BCUT2D eigenvalue weighted by Crippen LogP contribution is 2.21. The third-order valence-electron chi connectivity index (χ3n) is 2.67. The Bertz CT molecular complexity index is 523. The van der Waals surface area contributed by atoms with E-state index in [2.05, 4.69) is 15.3 Å². The number of rotatable bonds is 4. The summed E-state index contributed by atoms with van der Waals surface area (Å²) in [7, 11) is 1.86. The van der Waals surface area contributed by atoms with E-state index in [9.17, 15) is 0 Å². The number of nitrogens with zero attached hydrogens (tertiary/aromatic N) is 2. The average Bonchev–Trinajstić information content (AvgIpc) is 2.40. The number of aromatic nitrogens is 2. The summed E-state index contributed by atoms with van der Waals surface area (Å²) in [6.45, 7) is 4.61. The van der Waals surface area contributed by atoms with Gasteiger partial charge in [-0.05, 0) is 38.1 Å². The van der Waals surface area contributed by atoms with Crippen molar-refractivity contribution in [2.24, 2.45) is 0 Å². The van der Waals surface area contributed by atoms with Crippen LogP contribution in [0.5, 0.6) is 5.75 Å². The van der Waals surface area contributed by atoms with Crippen molar-refractivity contribution >= 4 is 5.69 Å². The second-order valence-electron chi connectivity index (χ2n) is 3.90. The molecule has 0 aliphatic carbocycles. The zero-order valence-corrected chi connectivity index (χ0v) is 10.9. The van der Waals surface area contributed by atoms with Crippen molar-refractivity contribution in [3.05, 3.63) is 36.2 Å². The molecule has 0 aliphatic rings. The lowest BCUT2D eigenvalue weighted by Gasteiger charge is -2.07. The third kappa shape index (κ3) is 2.59. The predicted octanol–water partition coefficient (Wildman–Crippen LogP) is 2.89. The molecule has 1 heterocycles. The molecule has 0 aliphatic heterocycles. The Kier molecular flexibility index (Phi) is 3.77. The molecule has 0 fully saturated rings. The van der Waals surface area contributed by atoms with E-state index in [4.69, 9.17) is 4.74 Å². The molecule has 0 amide bonds. The zero-order valence-electron chi connectivity index (χ0n) is 10.9. The minimum atomic E-state index is 0.672. The summed E-state index contributed by atoms with van der Waals surface area (Å²) < 4.78 is 5.41. The highest BCUT2D eigenvalue weighted by atomic mass is 16.5. The van der Waals surface area contributed by atoms with Crippen LogP contribution in [0.15, 0.2) is 30.5 Å². The molecule has 18 heavy (non-hydrogen) atoms. The Labute approximate surface area is 107 Å². The van der Waals surface area contributed by atoms with Crippen LogP contribution in [-0.2, 0) is 0 Å². The van der Waals surface area contributed by atoms with Crippen molar-refractivity contribution < 1.29 is 4.74 Å². The molecular weight excluding hydrogens is 226 g/mol. The molecule has 1 N–H and O–H groups in total. The molecular formula is C14H17N3O. The maximum Gasteiger partial charge on any atom is 0.159 e. The molecule has 2 rings (SSSR count). The van der Waals surface area contributed by atoms with E-state index in [1.165, 1.54) is 0 Å². The van der Waals surface area contributed by atoms with Crippen LogP contribution < -0.4 is 10.1 Å². The van der Waals surface area contributed by atoms with Gasteiger partial charge >= 0.3 is 0 Å². The van der Waals surface area contributed by atoms with E-state index < -0.39 is 0 Å². The van der Waals surface area contributed by atoms with Gasteiger partial charge in [0.2, 0.25) is 0 Å². The van der Waals surface area contributed by atoms with Gasteiger partial charge in [0, 0.05) is 12.6 Å². The summed E-state index contributed by atoms with van der Waals surface area (Å²) in [5, 5.41) is 3.05. The van der Waals surface area contributed by atoms with Gasteiger partial charge in [-0.15, -0.1) is 0 Å². The second-order valence-corrected chi connectivity index (χ2v) is 3.90. The summed E-state index contributed by atoms with van der Waals surface area (Å²) in [6.07, 6.45) is 1.80. The minimum absolute atomic E-state index is 0.672. The highest BCUT2D eigenvalue weighted by molar-refractivity contribution is 5.58. The SMILES string of the molecule is CCOc1ccc(-c2ncc(NC)c(C)n2)cc1. The molecule has 94 valence electrons. The monoisotopic (exact) mass is 243 g/mol. The minimum Gasteiger partial charge on any atom is -0.494 e. The molecule has 1 aromatic heterocycles. The van der Waals surface area contributed by atoms with Crippen molar-refractivity contribution in [1.82, 2.24) is 9.97 Å². The average molecular weight is 243 g/mol. The quantitative estimate of drug-likeness (QED) is 0.897. The van der Waals surface area contributed by atoms with Crippen LogP contribution in [0.4, 0.5) is 5.69 Å². The fraction of sp³-hybridized carbons (Fsp3) is 0.286. The number of aryl methyl sites for hydroxylation is 1. The van der Waals surface area contributed by atoms with Crippen LogP contribution in [0, 0.1) is 6.92 Å². The Hall–Kier alpha value is -2.10. The number of anilines is 1. The Morgan fingerprint density at radius 3 is 2.50 bits per heavy atom. The van der Waals surface area contributed by atoms with E-state index in [0.717, 1.165) is 28.5 Å². The van der Waals surface area contributed by atoms with Crippen LogP contribution in [0.2, 0.25) is 0 Å². The first kappa shape index (κ1) is 12.4. The fourth-order valence-corrected chi connectivity index (χ4v) is 1.72. The maximum absolute atomic E-state index is 5.41. The molecule has 0 atom stereocenters. The molecule has 4 heteroatoms. The molecule has 4 nitrogen and oxygen atoms in total. The van der Waals surface area contributed by atoms with Crippen molar-refractivity contribution in [3.8, 4) is 17.1 Å². The van der Waals surface area contributed by atoms with Crippen LogP contribution in [-0.4, -0.2) is 23.6 Å². The van der Waals surface area contributed by atoms with Gasteiger partial charge in [-0.1, -0.05) is 0 Å². The van der Waals surface area contributed by atoms with Crippen LogP contribution >= 0.6 is 0 Å². The lowest BCUT2D eigenvalue weighted by Crippen LogP contribution is -1.98. The summed E-state index contributed by atoms with van der Waals surface area (Å²) in [5.41, 5.74) is 2.88. The van der Waals surface area contributed by atoms with E-state index in [1.807, 2.05) is 45.2 Å². The molecule has 2 aromatic rings. The van der Waals surface area contributed by atoms with Gasteiger partial charge in [0.1, 0.15) is 5.75 Å². The van der Waals surface area contributed by atoms with Crippen molar-refractivity contribution in [3.63, 3.8) is 0 Å². The van der Waals surface area contributed by atoms with Gasteiger partial charge in [0.25, 0.3) is 0 Å². The maximum atomic E-state index is 5.41. The highest BCUT2D eigenvalue weighted by Gasteiger charge is 2.04. The summed E-state index contributed by atoms with van der Waals surface area (Å²) in [4.78, 5) is 8.82. The lowest BCUT2D eigenvalue weighted by molar-refractivity contribution is 0.340. The first-order chi connectivity index (χ1) is 8.74. The molecule has 0 spiro atoms. The molecule has 0 saturated heterocycles. The Morgan fingerprint density at radius 2 is 1.94 bits per heavy atom. The van der Waals surface area contributed by atoms with E-state index >= 15 is 0 Å². The van der Waals surface area contributed by atoms with Crippen LogP contribution in [0.1, 0.15) is 12.6 Å². The van der Waals surface area contributed by atoms with E-state index in [1.54, 1.807) is 6.20 Å². The van der Waals surface area contributed by atoms with Crippen molar-refractivity contribution in [2.75, 3.05) is 19.0 Å². The molecule has 1 aromatic carbocycles. The molecule has 0 saturated carbocycles. The number of hydrogen-bond donors (Lipinski definition) is 1. The van der Waals surface area contributed by atoms with Gasteiger partial charge < -0.3 is 10.1 Å². The number of nitrogens with one attached hydrogen (secondary N) is 1. The van der Waals surface area contributed by atoms with Gasteiger partial charge in [-0.3, -0.25) is 0 Å². The van der Waals surface area contributed by atoms with Crippen molar-refractivity contribution in [1.29, 1.82) is 0 Å². The largest absolute Gasteiger partial charge is 0.494 e. The van der Waals surface area contributed by atoms with Gasteiger partial charge in [-0.2, -0.15) is 0 Å². The topological polar surface area (TPSA) is 47.0 Å². The predicted molar refractivity (Wildman–Crippen MR) is 72.9 cm³/mol. The van der Waals surface area contributed by atoms with Gasteiger partial charge in [-0.25, -0.2) is 9.97 Å². The summed E-state index contributed by atoms with van der Waals surface area (Å²) >= 11 is 0. The Balaban J connectivity index is 2.28. The van der Waals surface area contributed by atoms with E-state index in [0.29, 0.717) is 6.61 Å². The Morgan fingerprint density at radius 1 is 1.22 bits per heavy atom. The first-order valence-electron chi connectivity index (χ1n) is 5.99. The lowest BCUT2D eigenvalue weighted by atomic mass is 10.2. The number of ether oxygens (including phenoxy) is 1. The van der Waals surface area contributed by atoms with Crippen LogP contribution in [0.3, 0.4) is 0 Å². The third-order valence-corrected chi connectivity index (χ3v) is 2.67. The summed E-state index contributed by atoms with van der Waals surface area (Å²) in [5.74, 6) is 1.60. The van der Waals surface area contributed by atoms with Crippen LogP contribution in [0.25, 0.3) is 11.4 Å². The fourth-order valence-electron chi connectivity index (χ4n) is 1.72. The second kappa shape index (κ2) is 5.49. The van der Waals surface area contributed by atoms with E-state index in [-0.39, 0.29) is 0 Å². The zero-order chi connectivity index (χ0) is 13.0.